The van der Waals surface area contributed by atoms with Crippen LogP contribution in [0, 0.1) is 0 Å². The van der Waals surface area contributed by atoms with Crippen LogP contribution in [-0.2, 0) is 9.59 Å². The molecule has 1 aliphatic rings. The fourth-order valence-corrected chi connectivity index (χ4v) is 3.23. The van der Waals surface area contributed by atoms with E-state index >= 15 is 0 Å². The van der Waals surface area contributed by atoms with Crippen molar-refractivity contribution >= 4 is 45.0 Å². The van der Waals surface area contributed by atoms with Crippen LogP contribution in [0.15, 0.2) is 16.6 Å². The molecule has 1 aromatic carbocycles. The number of hydrogen-bond donors (Lipinski definition) is 2. The lowest BCUT2D eigenvalue weighted by Gasteiger charge is -2.26. The summed E-state index contributed by atoms with van der Waals surface area (Å²) in [7, 11) is 0. The van der Waals surface area contributed by atoms with Crippen LogP contribution in [-0.4, -0.2) is 34.4 Å². The van der Waals surface area contributed by atoms with Crippen molar-refractivity contribution in [2.45, 2.75) is 32.2 Å². The molecule has 0 spiro atoms. The number of carbonyl (C=O) groups is 2. The van der Waals surface area contributed by atoms with Gasteiger partial charge in [0, 0.05) is 18.0 Å². The fraction of sp³-hybridized carbons (Fsp3) is 0.429. The summed E-state index contributed by atoms with van der Waals surface area (Å²) >= 11 is 9.08. The topological polar surface area (TPSA) is 69.6 Å². The monoisotopic (exact) mass is 374 g/mol. The van der Waals surface area contributed by atoms with Gasteiger partial charge in [0.15, 0.2) is 5.75 Å². The molecule has 5 nitrogen and oxygen atoms in total. The molecular formula is C14H16BrClN2O3. The number of carbonyl (C=O) groups excluding carboxylic acids is 2. The Hall–Kier alpha value is -1.27. The highest BCUT2D eigenvalue weighted by molar-refractivity contribution is 9.10. The quantitative estimate of drug-likeness (QED) is 0.794. The Morgan fingerprint density at radius 2 is 2.29 bits per heavy atom. The number of halogens is 2. The number of amides is 2. The number of anilines is 1. The molecule has 2 rings (SSSR count). The van der Waals surface area contributed by atoms with Gasteiger partial charge in [0.1, 0.15) is 6.04 Å². The highest BCUT2D eigenvalue weighted by Crippen LogP contribution is 2.35. The van der Waals surface area contributed by atoms with Gasteiger partial charge < -0.3 is 15.3 Å². The minimum Gasteiger partial charge on any atom is -0.505 e. The van der Waals surface area contributed by atoms with Crippen molar-refractivity contribution in [1.29, 1.82) is 0 Å². The first-order valence-corrected chi connectivity index (χ1v) is 7.89. The number of rotatable bonds is 4. The molecule has 0 saturated carbocycles. The minimum atomic E-state index is -0.530. The number of nitrogens with one attached hydrogen (secondary N) is 1. The van der Waals surface area contributed by atoms with Crippen molar-refractivity contribution in [3.63, 3.8) is 0 Å². The fourth-order valence-electron chi connectivity index (χ4n) is 2.42. The van der Waals surface area contributed by atoms with E-state index < -0.39 is 6.04 Å². The lowest BCUT2D eigenvalue weighted by molar-refractivity contribution is -0.135. The Bertz CT molecular complexity index is 580. The number of hydrogen-bond acceptors (Lipinski definition) is 3. The Kier molecular flexibility index (Phi) is 5.11. The van der Waals surface area contributed by atoms with Gasteiger partial charge in [0.25, 0.3) is 0 Å². The maximum atomic E-state index is 12.4. The van der Waals surface area contributed by atoms with Gasteiger partial charge in [-0.15, -0.1) is 0 Å². The zero-order valence-corrected chi connectivity index (χ0v) is 13.9. The van der Waals surface area contributed by atoms with Crippen molar-refractivity contribution in [2.24, 2.45) is 0 Å². The molecule has 2 amide bonds. The molecule has 21 heavy (non-hydrogen) atoms. The summed E-state index contributed by atoms with van der Waals surface area (Å²) in [6.45, 7) is 2.44. The SMILES string of the molecule is CCC(C(=O)Nc1cc(Cl)cc(Br)c1O)N1CCCC1=O. The van der Waals surface area contributed by atoms with Crippen LogP contribution in [0.25, 0.3) is 0 Å². The first kappa shape index (κ1) is 16.1. The third-order valence-electron chi connectivity index (χ3n) is 3.46. The van der Waals surface area contributed by atoms with E-state index in [-0.39, 0.29) is 23.3 Å². The van der Waals surface area contributed by atoms with Gasteiger partial charge in [0.05, 0.1) is 10.2 Å². The van der Waals surface area contributed by atoms with Crippen LogP contribution in [0.4, 0.5) is 5.69 Å². The number of nitrogens with zero attached hydrogens (tertiary/aromatic N) is 1. The lowest BCUT2D eigenvalue weighted by atomic mass is 10.1. The van der Waals surface area contributed by atoms with Crippen molar-refractivity contribution in [3.05, 3.63) is 21.6 Å². The third-order valence-corrected chi connectivity index (χ3v) is 4.28. The minimum absolute atomic E-state index is 0.00602. The van der Waals surface area contributed by atoms with Crippen LogP contribution >= 0.6 is 27.5 Å². The maximum Gasteiger partial charge on any atom is 0.247 e. The molecular weight excluding hydrogens is 360 g/mol. The Labute approximate surface area is 136 Å². The standard InChI is InChI=1S/C14H16BrClN2O3/c1-2-11(18-5-3-4-12(18)19)14(21)17-10-7-8(16)6-9(15)13(10)20/h6-7,11,20H,2-5H2,1H3,(H,17,21). The van der Waals surface area contributed by atoms with Crippen LogP contribution in [0.2, 0.25) is 5.02 Å². The van der Waals surface area contributed by atoms with Crippen LogP contribution in [0.5, 0.6) is 5.75 Å². The average Bonchev–Trinajstić information content (AvgIpc) is 2.83. The van der Waals surface area contributed by atoms with E-state index in [0.717, 1.165) is 6.42 Å². The highest BCUT2D eigenvalue weighted by Gasteiger charge is 2.31. The van der Waals surface area contributed by atoms with Gasteiger partial charge in [-0.2, -0.15) is 0 Å². The molecule has 0 radical (unpaired) electrons. The summed E-state index contributed by atoms with van der Waals surface area (Å²) < 4.78 is 0.399. The van der Waals surface area contributed by atoms with Crippen molar-refractivity contribution < 1.29 is 14.7 Å². The Balaban J connectivity index is 2.18. The van der Waals surface area contributed by atoms with E-state index in [4.69, 9.17) is 11.6 Å². The summed E-state index contributed by atoms with van der Waals surface area (Å²) in [4.78, 5) is 25.7. The molecule has 2 N–H and O–H groups in total. The first-order chi connectivity index (χ1) is 9.93. The number of benzene rings is 1. The highest BCUT2D eigenvalue weighted by atomic mass is 79.9. The maximum absolute atomic E-state index is 12.4. The van der Waals surface area contributed by atoms with Crippen LogP contribution in [0.3, 0.4) is 0 Å². The van der Waals surface area contributed by atoms with E-state index in [1.165, 1.54) is 12.1 Å². The van der Waals surface area contributed by atoms with E-state index in [9.17, 15) is 14.7 Å². The summed E-state index contributed by atoms with van der Waals surface area (Å²) in [5.74, 6) is -0.416. The molecule has 1 saturated heterocycles. The molecule has 1 unspecified atom stereocenters. The number of phenols is 1. The summed E-state index contributed by atoms with van der Waals surface area (Å²) in [5, 5.41) is 13.0. The zero-order valence-electron chi connectivity index (χ0n) is 11.5. The van der Waals surface area contributed by atoms with Gasteiger partial charge in [-0.1, -0.05) is 18.5 Å². The van der Waals surface area contributed by atoms with Crippen molar-refractivity contribution in [3.8, 4) is 5.75 Å². The van der Waals surface area contributed by atoms with E-state index in [1.807, 2.05) is 6.92 Å². The zero-order chi connectivity index (χ0) is 15.6. The summed E-state index contributed by atoms with van der Waals surface area (Å²) in [6.07, 6.45) is 1.77. The number of aromatic hydroxyl groups is 1. The molecule has 1 fully saturated rings. The van der Waals surface area contributed by atoms with Crippen molar-refractivity contribution in [1.82, 2.24) is 4.90 Å². The Morgan fingerprint density at radius 1 is 1.57 bits per heavy atom. The average molecular weight is 376 g/mol. The Morgan fingerprint density at radius 3 is 2.86 bits per heavy atom. The van der Waals surface area contributed by atoms with Gasteiger partial charge in [0.2, 0.25) is 11.8 Å². The second-order valence-electron chi connectivity index (χ2n) is 4.89. The van der Waals surface area contributed by atoms with E-state index in [2.05, 4.69) is 21.2 Å². The smallest absolute Gasteiger partial charge is 0.247 e. The summed E-state index contributed by atoms with van der Waals surface area (Å²) in [5.41, 5.74) is 0.226. The normalized spacial score (nSPS) is 16.1. The number of phenolic OH excluding ortho intramolecular Hbond substituents is 1. The van der Waals surface area contributed by atoms with Crippen molar-refractivity contribution in [2.75, 3.05) is 11.9 Å². The molecule has 114 valence electrons. The van der Waals surface area contributed by atoms with Gasteiger partial charge in [-0.05, 0) is 40.9 Å². The molecule has 7 heteroatoms. The molecule has 1 aromatic rings. The van der Waals surface area contributed by atoms with Gasteiger partial charge in [-0.25, -0.2) is 0 Å². The summed E-state index contributed by atoms with van der Waals surface area (Å²) in [6, 6.07) is 2.48. The largest absolute Gasteiger partial charge is 0.505 e. The molecule has 0 aromatic heterocycles. The van der Waals surface area contributed by atoms with E-state index in [1.54, 1.807) is 4.90 Å². The van der Waals surface area contributed by atoms with E-state index in [0.29, 0.717) is 28.9 Å². The molecule has 1 heterocycles. The number of likely N-dealkylation sites (tertiary alicyclic amines) is 1. The lowest BCUT2D eigenvalue weighted by Crippen LogP contribution is -2.44. The predicted molar refractivity (Wildman–Crippen MR) is 84.5 cm³/mol. The van der Waals surface area contributed by atoms with Gasteiger partial charge >= 0.3 is 0 Å². The predicted octanol–water partition coefficient (Wildman–Crippen LogP) is 3.15. The third kappa shape index (κ3) is 3.49. The first-order valence-electron chi connectivity index (χ1n) is 6.72. The van der Waals surface area contributed by atoms with Crippen LogP contribution < -0.4 is 5.32 Å². The second-order valence-corrected chi connectivity index (χ2v) is 6.18. The van der Waals surface area contributed by atoms with Gasteiger partial charge in [-0.3, -0.25) is 9.59 Å². The second kappa shape index (κ2) is 6.66. The molecule has 0 aliphatic carbocycles. The molecule has 0 bridgehead atoms. The van der Waals surface area contributed by atoms with Crippen LogP contribution in [0.1, 0.15) is 26.2 Å². The molecule has 1 aliphatic heterocycles. The molecule has 1 atom stereocenters.